The topological polar surface area (TPSA) is 58.6 Å². The van der Waals surface area contributed by atoms with Crippen molar-refractivity contribution >= 4 is 11.7 Å². The van der Waals surface area contributed by atoms with E-state index in [-0.39, 0.29) is 12.0 Å². The Bertz CT molecular complexity index is 746. The van der Waals surface area contributed by atoms with Crippen LogP contribution in [0, 0.1) is 0 Å². The zero-order valence-electron chi connectivity index (χ0n) is 14.9. The van der Waals surface area contributed by atoms with E-state index in [0.717, 1.165) is 37.4 Å². The van der Waals surface area contributed by atoms with E-state index in [4.69, 9.17) is 4.74 Å². The van der Waals surface area contributed by atoms with Crippen molar-refractivity contribution in [3.8, 4) is 0 Å². The first kappa shape index (κ1) is 17.0. The standard InChI is InChI=1S/C20H24N4O2/c25-20(18-4-3-8-22-19(18)23-11-1-2-12-23)24-13-7-17(14-24)26-15-16-5-9-21-10-6-16/h3-6,8-10,17H,1-2,7,11-15H2. The summed E-state index contributed by atoms with van der Waals surface area (Å²) in [5, 5.41) is 0. The molecule has 0 spiro atoms. The van der Waals surface area contributed by atoms with Gasteiger partial charge in [0.05, 0.1) is 18.3 Å². The normalized spacial score (nSPS) is 19.9. The molecule has 2 saturated heterocycles. The molecule has 2 aromatic rings. The molecular weight excluding hydrogens is 328 g/mol. The predicted octanol–water partition coefficient (Wildman–Crippen LogP) is 2.51. The van der Waals surface area contributed by atoms with Crippen LogP contribution in [0.15, 0.2) is 42.9 Å². The molecule has 0 aliphatic carbocycles. The Hall–Kier alpha value is -2.47. The fourth-order valence-corrected chi connectivity index (χ4v) is 3.66. The fourth-order valence-electron chi connectivity index (χ4n) is 3.66. The molecule has 0 saturated carbocycles. The van der Waals surface area contributed by atoms with E-state index in [1.165, 1.54) is 12.8 Å². The summed E-state index contributed by atoms with van der Waals surface area (Å²) in [5.41, 5.74) is 1.82. The van der Waals surface area contributed by atoms with Crippen LogP contribution in [-0.2, 0) is 11.3 Å². The largest absolute Gasteiger partial charge is 0.372 e. The van der Waals surface area contributed by atoms with Gasteiger partial charge < -0.3 is 14.5 Å². The Morgan fingerprint density at radius 3 is 2.73 bits per heavy atom. The van der Waals surface area contributed by atoms with E-state index in [9.17, 15) is 4.79 Å². The quantitative estimate of drug-likeness (QED) is 0.827. The van der Waals surface area contributed by atoms with E-state index in [0.29, 0.717) is 18.7 Å². The molecule has 1 atom stereocenters. The number of likely N-dealkylation sites (tertiary alicyclic amines) is 1. The molecule has 1 unspecified atom stereocenters. The number of carbonyl (C=O) groups is 1. The second kappa shape index (κ2) is 7.83. The summed E-state index contributed by atoms with van der Waals surface area (Å²) < 4.78 is 5.99. The van der Waals surface area contributed by atoms with Gasteiger partial charge in [0, 0.05) is 44.8 Å². The lowest BCUT2D eigenvalue weighted by Gasteiger charge is -2.22. The fraction of sp³-hybridized carbons (Fsp3) is 0.450. The highest BCUT2D eigenvalue weighted by molar-refractivity contribution is 5.99. The van der Waals surface area contributed by atoms with Crippen molar-refractivity contribution in [2.45, 2.75) is 32.0 Å². The van der Waals surface area contributed by atoms with E-state index in [1.54, 1.807) is 18.6 Å². The smallest absolute Gasteiger partial charge is 0.257 e. The Balaban J connectivity index is 1.39. The second-order valence-electron chi connectivity index (χ2n) is 6.90. The van der Waals surface area contributed by atoms with Crippen molar-refractivity contribution in [2.75, 3.05) is 31.1 Å². The first-order valence-electron chi connectivity index (χ1n) is 9.31. The Morgan fingerprint density at radius 2 is 1.92 bits per heavy atom. The van der Waals surface area contributed by atoms with Gasteiger partial charge in [-0.25, -0.2) is 4.98 Å². The number of hydrogen-bond acceptors (Lipinski definition) is 5. The number of rotatable bonds is 5. The van der Waals surface area contributed by atoms with Crippen LogP contribution in [0.1, 0.15) is 35.2 Å². The molecule has 6 nitrogen and oxygen atoms in total. The van der Waals surface area contributed by atoms with E-state index >= 15 is 0 Å². The van der Waals surface area contributed by atoms with Crippen molar-refractivity contribution < 1.29 is 9.53 Å². The molecule has 4 rings (SSSR count). The van der Waals surface area contributed by atoms with E-state index in [2.05, 4.69) is 14.9 Å². The van der Waals surface area contributed by atoms with Crippen molar-refractivity contribution in [3.05, 3.63) is 54.0 Å². The minimum Gasteiger partial charge on any atom is -0.372 e. The maximum Gasteiger partial charge on any atom is 0.257 e. The SMILES string of the molecule is O=C(c1cccnc1N1CCCC1)N1CCC(OCc2ccncc2)C1. The maximum absolute atomic E-state index is 13.0. The number of amides is 1. The molecule has 2 aliphatic heterocycles. The van der Waals surface area contributed by atoms with Gasteiger partial charge in [0.15, 0.2) is 0 Å². The van der Waals surface area contributed by atoms with Gasteiger partial charge in [-0.15, -0.1) is 0 Å². The number of nitrogens with zero attached hydrogens (tertiary/aromatic N) is 4. The average Bonchev–Trinajstić information content (AvgIpc) is 3.39. The second-order valence-corrected chi connectivity index (χ2v) is 6.90. The number of pyridine rings is 2. The van der Waals surface area contributed by atoms with Gasteiger partial charge in [0.1, 0.15) is 5.82 Å². The van der Waals surface area contributed by atoms with Crippen LogP contribution in [0.3, 0.4) is 0 Å². The zero-order valence-corrected chi connectivity index (χ0v) is 14.9. The van der Waals surface area contributed by atoms with Gasteiger partial charge in [-0.1, -0.05) is 0 Å². The third-order valence-electron chi connectivity index (χ3n) is 5.09. The van der Waals surface area contributed by atoms with E-state index < -0.39 is 0 Å². The van der Waals surface area contributed by atoms with E-state index in [1.807, 2.05) is 29.2 Å². The minimum atomic E-state index is 0.0648. The highest BCUT2D eigenvalue weighted by atomic mass is 16.5. The first-order chi connectivity index (χ1) is 12.8. The van der Waals surface area contributed by atoms with Crippen LogP contribution in [0.2, 0.25) is 0 Å². The van der Waals surface area contributed by atoms with Crippen LogP contribution in [0.25, 0.3) is 0 Å². The number of carbonyl (C=O) groups excluding carboxylic acids is 1. The molecule has 2 aliphatic rings. The minimum absolute atomic E-state index is 0.0648. The molecule has 1 amide bonds. The predicted molar refractivity (Wildman–Crippen MR) is 99.0 cm³/mol. The highest BCUT2D eigenvalue weighted by Gasteiger charge is 2.30. The molecule has 6 heteroatoms. The van der Waals surface area contributed by atoms with Gasteiger partial charge in [0.2, 0.25) is 0 Å². The summed E-state index contributed by atoms with van der Waals surface area (Å²) in [4.78, 5) is 25.7. The summed E-state index contributed by atoms with van der Waals surface area (Å²) >= 11 is 0. The molecule has 0 radical (unpaired) electrons. The third kappa shape index (κ3) is 3.70. The molecule has 0 N–H and O–H groups in total. The third-order valence-corrected chi connectivity index (χ3v) is 5.09. The van der Waals surface area contributed by atoms with Crippen LogP contribution in [-0.4, -0.2) is 53.1 Å². The summed E-state index contributed by atoms with van der Waals surface area (Å²) in [6.07, 6.45) is 8.60. The van der Waals surface area contributed by atoms with Gasteiger partial charge in [-0.3, -0.25) is 9.78 Å². The van der Waals surface area contributed by atoms with Crippen molar-refractivity contribution in [1.29, 1.82) is 0 Å². The molecule has 0 aromatic carbocycles. The van der Waals surface area contributed by atoms with Gasteiger partial charge in [-0.2, -0.15) is 0 Å². The Labute approximate surface area is 153 Å². The van der Waals surface area contributed by atoms with Gasteiger partial charge in [-0.05, 0) is 49.1 Å². The molecular formula is C20H24N4O2. The lowest BCUT2D eigenvalue weighted by Crippen LogP contribution is -2.32. The van der Waals surface area contributed by atoms with Crippen LogP contribution >= 0.6 is 0 Å². The van der Waals surface area contributed by atoms with Gasteiger partial charge in [0.25, 0.3) is 5.91 Å². The number of ether oxygens (including phenoxy) is 1. The number of hydrogen-bond donors (Lipinski definition) is 0. The lowest BCUT2D eigenvalue weighted by molar-refractivity contribution is 0.0437. The Kier molecular flexibility index (Phi) is 5.11. The lowest BCUT2D eigenvalue weighted by atomic mass is 10.2. The van der Waals surface area contributed by atoms with Crippen LogP contribution < -0.4 is 4.90 Å². The Morgan fingerprint density at radius 1 is 1.12 bits per heavy atom. The molecule has 26 heavy (non-hydrogen) atoms. The number of anilines is 1. The molecule has 2 fully saturated rings. The highest BCUT2D eigenvalue weighted by Crippen LogP contribution is 2.25. The molecule has 0 bridgehead atoms. The molecule has 136 valence electrons. The molecule has 4 heterocycles. The first-order valence-corrected chi connectivity index (χ1v) is 9.31. The molecule has 2 aromatic heterocycles. The summed E-state index contributed by atoms with van der Waals surface area (Å²) in [5.74, 6) is 0.895. The van der Waals surface area contributed by atoms with Crippen LogP contribution in [0.5, 0.6) is 0 Å². The van der Waals surface area contributed by atoms with Crippen LogP contribution in [0.4, 0.5) is 5.82 Å². The number of aromatic nitrogens is 2. The summed E-state index contributed by atoms with van der Waals surface area (Å²) in [7, 11) is 0. The van der Waals surface area contributed by atoms with Crippen molar-refractivity contribution in [3.63, 3.8) is 0 Å². The maximum atomic E-state index is 13.0. The average molecular weight is 352 g/mol. The van der Waals surface area contributed by atoms with Gasteiger partial charge >= 0.3 is 0 Å². The summed E-state index contributed by atoms with van der Waals surface area (Å²) in [6.45, 7) is 3.89. The summed E-state index contributed by atoms with van der Waals surface area (Å²) in [6, 6.07) is 7.65. The zero-order chi connectivity index (χ0) is 17.8. The van der Waals surface area contributed by atoms with Crippen molar-refractivity contribution in [2.24, 2.45) is 0 Å². The monoisotopic (exact) mass is 352 g/mol. The van der Waals surface area contributed by atoms with Crippen molar-refractivity contribution in [1.82, 2.24) is 14.9 Å².